The number of ether oxygens (including phenoxy) is 1. The summed E-state index contributed by atoms with van der Waals surface area (Å²) in [7, 11) is 1.70. The third kappa shape index (κ3) is 6.11. The summed E-state index contributed by atoms with van der Waals surface area (Å²) in [5, 5.41) is 3.67. The van der Waals surface area contributed by atoms with Crippen LogP contribution in [0, 0.1) is 5.92 Å². The molecule has 19 heavy (non-hydrogen) atoms. The summed E-state index contributed by atoms with van der Waals surface area (Å²) >= 11 is 0. The predicted octanol–water partition coefficient (Wildman–Crippen LogP) is 4.56. The van der Waals surface area contributed by atoms with Crippen molar-refractivity contribution in [2.45, 2.75) is 59.0 Å². The highest BCUT2D eigenvalue weighted by Crippen LogP contribution is 2.18. The van der Waals surface area contributed by atoms with Crippen LogP contribution in [-0.2, 0) is 0 Å². The zero-order valence-electron chi connectivity index (χ0n) is 13.1. The Morgan fingerprint density at radius 2 is 1.63 bits per heavy atom. The van der Waals surface area contributed by atoms with E-state index < -0.39 is 0 Å². The standard InChI is InChI=1S/C17H29NO/c1-13(2)7-6-8-14(3)18-15(4)16-9-11-17(19-5)12-10-16/h9-15,18H,6-8H2,1-5H3. The van der Waals surface area contributed by atoms with Crippen molar-refractivity contribution >= 4 is 0 Å². The lowest BCUT2D eigenvalue weighted by Gasteiger charge is -2.21. The Hall–Kier alpha value is -1.02. The minimum atomic E-state index is 0.389. The van der Waals surface area contributed by atoms with Gasteiger partial charge < -0.3 is 10.1 Å². The van der Waals surface area contributed by atoms with Crippen LogP contribution in [0.25, 0.3) is 0 Å². The zero-order valence-corrected chi connectivity index (χ0v) is 13.1. The summed E-state index contributed by atoms with van der Waals surface area (Å²) in [5.74, 6) is 1.73. The van der Waals surface area contributed by atoms with Gasteiger partial charge in [0, 0.05) is 12.1 Å². The maximum Gasteiger partial charge on any atom is 0.118 e. The number of hydrogen-bond donors (Lipinski definition) is 1. The summed E-state index contributed by atoms with van der Waals surface area (Å²) < 4.78 is 5.19. The maximum atomic E-state index is 5.19. The van der Waals surface area contributed by atoms with E-state index in [0.29, 0.717) is 12.1 Å². The molecule has 0 bridgehead atoms. The van der Waals surface area contributed by atoms with E-state index in [1.807, 2.05) is 12.1 Å². The molecule has 2 unspecified atom stereocenters. The Balaban J connectivity index is 2.38. The molecule has 1 aromatic rings. The minimum Gasteiger partial charge on any atom is -0.497 e. The quantitative estimate of drug-likeness (QED) is 0.742. The molecule has 0 aliphatic rings. The Kier molecular flexibility index (Phi) is 6.93. The fraction of sp³-hybridized carbons (Fsp3) is 0.647. The molecule has 0 aromatic heterocycles. The average molecular weight is 263 g/mol. The number of nitrogens with one attached hydrogen (secondary N) is 1. The summed E-state index contributed by atoms with van der Waals surface area (Å²) in [5.41, 5.74) is 1.32. The van der Waals surface area contributed by atoms with Gasteiger partial charge in [0.2, 0.25) is 0 Å². The first-order chi connectivity index (χ1) is 9.02. The van der Waals surface area contributed by atoms with Crippen LogP contribution >= 0.6 is 0 Å². The van der Waals surface area contributed by atoms with Crippen LogP contribution in [0.3, 0.4) is 0 Å². The summed E-state index contributed by atoms with van der Waals surface area (Å²) in [6, 6.07) is 9.28. The molecule has 1 aromatic carbocycles. The first-order valence-electron chi connectivity index (χ1n) is 7.43. The van der Waals surface area contributed by atoms with Gasteiger partial charge in [0.15, 0.2) is 0 Å². The van der Waals surface area contributed by atoms with Crippen molar-refractivity contribution in [1.82, 2.24) is 5.32 Å². The van der Waals surface area contributed by atoms with Gasteiger partial charge in [-0.1, -0.05) is 38.8 Å². The first-order valence-corrected chi connectivity index (χ1v) is 7.43. The monoisotopic (exact) mass is 263 g/mol. The molecule has 2 nitrogen and oxygen atoms in total. The van der Waals surface area contributed by atoms with Crippen molar-refractivity contribution in [3.05, 3.63) is 29.8 Å². The molecule has 0 saturated heterocycles. The van der Waals surface area contributed by atoms with Gasteiger partial charge in [-0.25, -0.2) is 0 Å². The van der Waals surface area contributed by atoms with Gasteiger partial charge in [0.1, 0.15) is 5.75 Å². The molecule has 0 aliphatic heterocycles. The predicted molar refractivity (Wildman–Crippen MR) is 82.7 cm³/mol. The van der Waals surface area contributed by atoms with E-state index in [4.69, 9.17) is 4.74 Å². The van der Waals surface area contributed by atoms with Crippen molar-refractivity contribution in [2.75, 3.05) is 7.11 Å². The molecule has 108 valence electrons. The van der Waals surface area contributed by atoms with Crippen LogP contribution in [0.4, 0.5) is 0 Å². The van der Waals surface area contributed by atoms with Crippen LogP contribution in [0.15, 0.2) is 24.3 Å². The Labute approximate surface area is 118 Å². The summed E-state index contributed by atoms with van der Waals surface area (Å²) in [6.45, 7) is 9.08. The second-order valence-electron chi connectivity index (χ2n) is 5.89. The summed E-state index contributed by atoms with van der Waals surface area (Å²) in [4.78, 5) is 0. The highest BCUT2D eigenvalue weighted by molar-refractivity contribution is 5.28. The van der Waals surface area contributed by atoms with Crippen LogP contribution in [0.1, 0.15) is 58.6 Å². The average Bonchev–Trinajstić information content (AvgIpc) is 2.38. The smallest absolute Gasteiger partial charge is 0.118 e. The van der Waals surface area contributed by atoms with E-state index in [-0.39, 0.29) is 0 Å². The molecule has 0 heterocycles. The van der Waals surface area contributed by atoms with Crippen LogP contribution in [0.5, 0.6) is 5.75 Å². The zero-order chi connectivity index (χ0) is 14.3. The van der Waals surface area contributed by atoms with Gasteiger partial charge in [0.25, 0.3) is 0 Å². The molecule has 0 radical (unpaired) electrons. The largest absolute Gasteiger partial charge is 0.497 e. The van der Waals surface area contributed by atoms with Crippen LogP contribution in [-0.4, -0.2) is 13.2 Å². The van der Waals surface area contributed by atoms with Gasteiger partial charge >= 0.3 is 0 Å². The number of rotatable bonds is 8. The maximum absolute atomic E-state index is 5.19. The normalized spacial score (nSPS) is 14.4. The second kappa shape index (κ2) is 8.21. The number of benzene rings is 1. The van der Waals surface area contributed by atoms with Crippen LogP contribution < -0.4 is 10.1 Å². The molecule has 0 amide bonds. The number of methoxy groups -OCH3 is 1. The molecule has 0 fully saturated rings. The highest BCUT2D eigenvalue weighted by Gasteiger charge is 2.09. The SMILES string of the molecule is COc1ccc(C(C)NC(C)CCCC(C)C)cc1. The van der Waals surface area contributed by atoms with Gasteiger partial charge in [-0.05, 0) is 43.9 Å². The van der Waals surface area contributed by atoms with Gasteiger partial charge in [-0.3, -0.25) is 0 Å². The third-order valence-electron chi connectivity index (χ3n) is 3.57. The van der Waals surface area contributed by atoms with Gasteiger partial charge in [-0.2, -0.15) is 0 Å². The van der Waals surface area contributed by atoms with Crippen LogP contribution in [0.2, 0.25) is 0 Å². The molecule has 0 aliphatic carbocycles. The topological polar surface area (TPSA) is 21.3 Å². The van der Waals surface area contributed by atoms with E-state index >= 15 is 0 Å². The fourth-order valence-electron chi connectivity index (χ4n) is 2.33. The lowest BCUT2D eigenvalue weighted by atomic mass is 10.0. The van der Waals surface area contributed by atoms with E-state index in [2.05, 4.69) is 45.1 Å². The van der Waals surface area contributed by atoms with Gasteiger partial charge in [0.05, 0.1) is 7.11 Å². The van der Waals surface area contributed by atoms with Crippen molar-refractivity contribution < 1.29 is 4.74 Å². The van der Waals surface area contributed by atoms with E-state index in [1.54, 1.807) is 7.11 Å². The lowest BCUT2D eigenvalue weighted by molar-refractivity contribution is 0.412. The Morgan fingerprint density at radius 1 is 1.00 bits per heavy atom. The molecule has 1 N–H and O–H groups in total. The Bertz CT molecular complexity index is 345. The van der Waals surface area contributed by atoms with Crippen molar-refractivity contribution in [3.8, 4) is 5.75 Å². The molecular formula is C17H29NO. The van der Waals surface area contributed by atoms with E-state index in [0.717, 1.165) is 11.7 Å². The Morgan fingerprint density at radius 3 is 2.16 bits per heavy atom. The van der Waals surface area contributed by atoms with Crippen molar-refractivity contribution in [1.29, 1.82) is 0 Å². The minimum absolute atomic E-state index is 0.389. The molecule has 2 heteroatoms. The van der Waals surface area contributed by atoms with Gasteiger partial charge in [-0.15, -0.1) is 0 Å². The third-order valence-corrected chi connectivity index (χ3v) is 3.57. The first kappa shape index (κ1) is 16.0. The molecular weight excluding hydrogens is 234 g/mol. The summed E-state index contributed by atoms with van der Waals surface area (Å²) in [6.07, 6.45) is 3.88. The molecule has 1 rings (SSSR count). The molecule has 0 saturated carbocycles. The van der Waals surface area contributed by atoms with E-state index in [9.17, 15) is 0 Å². The molecule has 2 atom stereocenters. The van der Waals surface area contributed by atoms with Crippen molar-refractivity contribution in [2.24, 2.45) is 5.92 Å². The van der Waals surface area contributed by atoms with E-state index in [1.165, 1.54) is 24.8 Å². The second-order valence-corrected chi connectivity index (χ2v) is 5.89. The lowest BCUT2D eigenvalue weighted by Crippen LogP contribution is -2.28. The highest BCUT2D eigenvalue weighted by atomic mass is 16.5. The van der Waals surface area contributed by atoms with Crippen molar-refractivity contribution in [3.63, 3.8) is 0 Å². The molecule has 0 spiro atoms. The number of hydrogen-bond acceptors (Lipinski definition) is 2. The fourth-order valence-corrected chi connectivity index (χ4v) is 2.33.